The number of anilines is 1. The average Bonchev–Trinajstić information content (AvgIpc) is 2.78. The van der Waals surface area contributed by atoms with Crippen molar-refractivity contribution in [1.29, 1.82) is 0 Å². The maximum atomic E-state index is 5.06. The van der Waals surface area contributed by atoms with Crippen LogP contribution in [0.5, 0.6) is 0 Å². The van der Waals surface area contributed by atoms with Crippen molar-refractivity contribution in [2.75, 3.05) is 4.90 Å². The van der Waals surface area contributed by atoms with E-state index in [-0.39, 0.29) is 12.5 Å². The van der Waals surface area contributed by atoms with Gasteiger partial charge in [0.15, 0.2) is 12.5 Å². The van der Waals surface area contributed by atoms with Gasteiger partial charge in [-0.2, -0.15) is 0 Å². The maximum Gasteiger partial charge on any atom is 0.186 e. The molecule has 1 aromatic rings. The normalized spacial score (nSPS) is 30.0. The van der Waals surface area contributed by atoms with Gasteiger partial charge in [-0.05, 0) is 24.3 Å². The Morgan fingerprint density at radius 2 is 1.54 bits per heavy atom. The van der Waals surface area contributed by atoms with Gasteiger partial charge in [0.05, 0.1) is 0 Å². The minimum Gasteiger partial charge on any atom is -0.308 e. The predicted molar refractivity (Wildman–Crippen MR) is 47.8 cm³/mol. The number of hydrogen-bond acceptors (Lipinski definition) is 3. The van der Waals surface area contributed by atoms with E-state index in [0.717, 1.165) is 5.69 Å². The lowest BCUT2D eigenvalue weighted by Crippen LogP contribution is -2.29. The molecule has 3 rings (SSSR count). The fraction of sp³-hybridized carbons (Fsp3) is 0.200. The molecule has 13 heavy (non-hydrogen) atoms. The molecule has 2 aliphatic rings. The third kappa shape index (κ3) is 0.978. The van der Waals surface area contributed by atoms with Gasteiger partial charge in [-0.3, -0.25) is 0 Å². The first kappa shape index (κ1) is 7.12. The molecular weight excluding hydrogens is 166 g/mol. The average molecular weight is 175 g/mol. The van der Waals surface area contributed by atoms with Crippen molar-refractivity contribution in [3.05, 3.63) is 42.5 Å². The lowest BCUT2D eigenvalue weighted by atomic mass is 10.3. The smallest absolute Gasteiger partial charge is 0.186 e. The van der Waals surface area contributed by atoms with Crippen LogP contribution >= 0.6 is 0 Å². The highest BCUT2D eigenvalue weighted by molar-refractivity contribution is 5.51. The molecule has 2 aliphatic heterocycles. The molecular formula is C10H9NO2. The molecule has 2 bridgehead atoms. The highest BCUT2D eigenvalue weighted by Gasteiger charge is 2.38. The van der Waals surface area contributed by atoms with Gasteiger partial charge in [-0.15, -0.1) is 0 Å². The molecule has 0 amide bonds. The van der Waals surface area contributed by atoms with Crippen LogP contribution < -0.4 is 4.90 Å². The zero-order valence-corrected chi connectivity index (χ0v) is 6.96. The van der Waals surface area contributed by atoms with Crippen LogP contribution in [0.4, 0.5) is 5.69 Å². The predicted octanol–water partition coefficient (Wildman–Crippen LogP) is 1.68. The highest BCUT2D eigenvalue weighted by atomic mass is 17.2. The summed E-state index contributed by atoms with van der Waals surface area (Å²) in [6.45, 7) is 0. The summed E-state index contributed by atoms with van der Waals surface area (Å²) in [5.74, 6) is 0. The van der Waals surface area contributed by atoms with E-state index < -0.39 is 0 Å². The molecule has 3 nitrogen and oxygen atoms in total. The van der Waals surface area contributed by atoms with Gasteiger partial charge in [0.25, 0.3) is 0 Å². The van der Waals surface area contributed by atoms with Gasteiger partial charge in [-0.1, -0.05) is 18.2 Å². The van der Waals surface area contributed by atoms with Crippen LogP contribution in [0, 0.1) is 0 Å². The van der Waals surface area contributed by atoms with E-state index in [4.69, 9.17) is 9.78 Å². The van der Waals surface area contributed by atoms with Crippen LogP contribution in [-0.2, 0) is 9.78 Å². The first-order chi connectivity index (χ1) is 6.45. The van der Waals surface area contributed by atoms with Gasteiger partial charge < -0.3 is 4.90 Å². The van der Waals surface area contributed by atoms with Crippen molar-refractivity contribution in [3.8, 4) is 0 Å². The Labute approximate surface area is 76.1 Å². The molecule has 0 spiro atoms. The first-order valence-electron chi connectivity index (χ1n) is 4.29. The number of hydrogen-bond donors (Lipinski definition) is 0. The van der Waals surface area contributed by atoms with Crippen molar-refractivity contribution >= 4 is 5.69 Å². The van der Waals surface area contributed by atoms with Crippen molar-refractivity contribution in [2.45, 2.75) is 12.5 Å². The van der Waals surface area contributed by atoms with Crippen LogP contribution in [0.2, 0.25) is 0 Å². The summed E-state index contributed by atoms with van der Waals surface area (Å²) >= 11 is 0. The topological polar surface area (TPSA) is 21.7 Å². The van der Waals surface area contributed by atoms with Crippen molar-refractivity contribution in [1.82, 2.24) is 0 Å². The summed E-state index contributed by atoms with van der Waals surface area (Å²) < 4.78 is 0. The second-order valence-electron chi connectivity index (χ2n) is 3.10. The van der Waals surface area contributed by atoms with E-state index in [1.807, 2.05) is 42.5 Å². The molecule has 2 atom stereocenters. The van der Waals surface area contributed by atoms with Gasteiger partial charge >= 0.3 is 0 Å². The number of benzene rings is 1. The number of para-hydroxylation sites is 1. The lowest BCUT2D eigenvalue weighted by molar-refractivity contribution is -0.286. The maximum absolute atomic E-state index is 5.06. The van der Waals surface area contributed by atoms with Crippen LogP contribution in [0.15, 0.2) is 42.5 Å². The van der Waals surface area contributed by atoms with Crippen LogP contribution in [0.25, 0.3) is 0 Å². The molecule has 0 radical (unpaired) electrons. The Balaban J connectivity index is 1.96. The van der Waals surface area contributed by atoms with Gasteiger partial charge in [0.2, 0.25) is 0 Å². The molecule has 0 N–H and O–H groups in total. The molecule has 2 heterocycles. The number of rotatable bonds is 1. The molecule has 0 aromatic heterocycles. The van der Waals surface area contributed by atoms with E-state index in [2.05, 4.69) is 4.90 Å². The lowest BCUT2D eigenvalue weighted by Gasteiger charge is -2.18. The summed E-state index contributed by atoms with van der Waals surface area (Å²) in [6.07, 6.45) is 3.90. The zero-order valence-electron chi connectivity index (χ0n) is 6.96. The van der Waals surface area contributed by atoms with Crippen molar-refractivity contribution in [3.63, 3.8) is 0 Å². The molecule has 1 aromatic carbocycles. The van der Waals surface area contributed by atoms with Crippen molar-refractivity contribution < 1.29 is 9.78 Å². The molecule has 1 saturated heterocycles. The van der Waals surface area contributed by atoms with E-state index in [9.17, 15) is 0 Å². The first-order valence-corrected chi connectivity index (χ1v) is 4.29. The largest absolute Gasteiger partial charge is 0.308 e. The van der Waals surface area contributed by atoms with E-state index in [1.165, 1.54) is 0 Å². The highest BCUT2D eigenvalue weighted by Crippen LogP contribution is 2.32. The molecule has 0 aliphatic carbocycles. The molecule has 0 saturated carbocycles. The Morgan fingerprint density at radius 1 is 0.923 bits per heavy atom. The summed E-state index contributed by atoms with van der Waals surface area (Å²) in [4.78, 5) is 12.2. The van der Waals surface area contributed by atoms with Crippen molar-refractivity contribution in [2.24, 2.45) is 0 Å². The third-order valence-electron chi connectivity index (χ3n) is 2.30. The fourth-order valence-corrected chi connectivity index (χ4v) is 1.69. The van der Waals surface area contributed by atoms with Gasteiger partial charge in [0.1, 0.15) is 0 Å². The standard InChI is InChI=1S/C10H9NO2/c1-2-4-8(5-3-1)11-9-6-7-10(11)13-12-9/h1-7,9-10H. The Hall–Kier alpha value is -1.32. The van der Waals surface area contributed by atoms with E-state index in [0.29, 0.717) is 0 Å². The Bertz CT molecular complexity index is 322. The van der Waals surface area contributed by atoms with Crippen LogP contribution in [0.3, 0.4) is 0 Å². The summed E-state index contributed by atoms with van der Waals surface area (Å²) in [7, 11) is 0. The van der Waals surface area contributed by atoms with Crippen LogP contribution in [0.1, 0.15) is 0 Å². The second kappa shape index (κ2) is 2.58. The SMILES string of the molecule is C1=CC2OOC1N2c1ccccc1. The summed E-state index contributed by atoms with van der Waals surface area (Å²) in [5, 5.41) is 0. The number of fused-ring (bicyclic) bond motifs is 2. The van der Waals surface area contributed by atoms with E-state index >= 15 is 0 Å². The summed E-state index contributed by atoms with van der Waals surface area (Å²) in [5.41, 5.74) is 1.13. The molecule has 2 unspecified atom stereocenters. The molecule has 66 valence electrons. The fourth-order valence-electron chi connectivity index (χ4n) is 1.69. The van der Waals surface area contributed by atoms with E-state index in [1.54, 1.807) is 0 Å². The minimum atomic E-state index is -0.0487. The van der Waals surface area contributed by atoms with Gasteiger partial charge in [-0.25, -0.2) is 9.78 Å². The Kier molecular flexibility index (Phi) is 1.41. The monoisotopic (exact) mass is 175 g/mol. The molecule has 3 heteroatoms. The second-order valence-corrected chi connectivity index (χ2v) is 3.10. The zero-order chi connectivity index (χ0) is 8.67. The third-order valence-corrected chi connectivity index (χ3v) is 2.30. The van der Waals surface area contributed by atoms with Gasteiger partial charge in [0, 0.05) is 5.69 Å². The molecule has 1 fully saturated rings. The van der Waals surface area contributed by atoms with Crippen LogP contribution in [-0.4, -0.2) is 12.5 Å². The summed E-state index contributed by atoms with van der Waals surface area (Å²) in [6, 6.07) is 10.1. The number of nitrogens with zero attached hydrogens (tertiary/aromatic N) is 1. The minimum absolute atomic E-state index is 0.0487. The quantitative estimate of drug-likeness (QED) is 0.478. The Morgan fingerprint density at radius 3 is 2.08 bits per heavy atom.